The van der Waals surface area contributed by atoms with Gasteiger partial charge in [-0.2, -0.15) is 0 Å². The molecule has 0 aliphatic rings. The molecule has 0 saturated carbocycles. The van der Waals surface area contributed by atoms with Gasteiger partial charge in [-0.05, 0) is 77.3 Å². The topological polar surface area (TPSA) is 23.5 Å². The Hall–Kier alpha value is -0.600. The van der Waals surface area contributed by atoms with Gasteiger partial charge < -0.3 is 10.0 Å². The molecule has 0 aliphatic heterocycles. The minimum Gasteiger partial charge on any atom is -0.395 e. The predicted octanol–water partition coefficient (Wildman–Crippen LogP) is 12.4. The lowest BCUT2D eigenvalue weighted by Gasteiger charge is -2.21. The lowest BCUT2D eigenvalue weighted by molar-refractivity contribution is 0.190. The van der Waals surface area contributed by atoms with Crippen molar-refractivity contribution in [1.82, 2.24) is 4.90 Å². The van der Waals surface area contributed by atoms with Gasteiger partial charge in [-0.3, -0.25) is 0 Å². The monoisotopic (exact) mass is 562 g/mol. The number of aliphatic hydroxyl groups is 1. The van der Waals surface area contributed by atoms with Crippen LogP contribution in [0.4, 0.5) is 0 Å². The van der Waals surface area contributed by atoms with Crippen molar-refractivity contribution >= 4 is 0 Å². The lowest BCUT2D eigenvalue weighted by atomic mass is 10.1. The highest BCUT2D eigenvalue weighted by atomic mass is 16.3. The van der Waals surface area contributed by atoms with Crippen LogP contribution in [-0.2, 0) is 0 Å². The lowest BCUT2D eigenvalue weighted by Crippen LogP contribution is -2.29. The third kappa shape index (κ3) is 33.6. The first-order chi connectivity index (χ1) is 19.8. The molecule has 0 rings (SSSR count). The molecule has 0 aromatic heterocycles. The smallest absolute Gasteiger partial charge is 0.0558 e. The van der Waals surface area contributed by atoms with E-state index in [2.05, 4.69) is 43.1 Å². The SMILES string of the molecule is CCCCCCCC/C=C\CCCCCCCCN(CCO)CCCCCCCC/C=C\CCCCCCCC. The van der Waals surface area contributed by atoms with Crippen LogP contribution < -0.4 is 0 Å². The normalized spacial score (nSPS) is 12.1. The van der Waals surface area contributed by atoms with Gasteiger partial charge in [-0.25, -0.2) is 0 Å². The summed E-state index contributed by atoms with van der Waals surface area (Å²) < 4.78 is 0. The summed E-state index contributed by atoms with van der Waals surface area (Å²) in [6.07, 6.45) is 48.0. The molecule has 0 heterocycles. The number of aliphatic hydroxyl groups excluding tert-OH is 1. The largest absolute Gasteiger partial charge is 0.395 e. The quantitative estimate of drug-likeness (QED) is 0.0623. The maximum Gasteiger partial charge on any atom is 0.0558 e. The van der Waals surface area contributed by atoms with E-state index in [0.29, 0.717) is 6.61 Å². The van der Waals surface area contributed by atoms with Crippen molar-refractivity contribution in [3.63, 3.8) is 0 Å². The average Bonchev–Trinajstić information content (AvgIpc) is 2.96. The Labute approximate surface area is 253 Å². The average molecular weight is 562 g/mol. The maximum absolute atomic E-state index is 9.45. The zero-order chi connectivity index (χ0) is 29.0. The molecule has 0 amide bonds. The van der Waals surface area contributed by atoms with Crippen molar-refractivity contribution in [2.75, 3.05) is 26.2 Å². The van der Waals surface area contributed by atoms with Crippen LogP contribution >= 0.6 is 0 Å². The van der Waals surface area contributed by atoms with E-state index in [-0.39, 0.29) is 0 Å². The second-order valence-corrected chi connectivity index (χ2v) is 12.4. The number of rotatable bonds is 34. The van der Waals surface area contributed by atoms with Crippen LogP contribution in [0.25, 0.3) is 0 Å². The Morgan fingerprint density at radius 2 is 0.625 bits per heavy atom. The molecule has 2 heteroatoms. The van der Waals surface area contributed by atoms with Crippen LogP contribution in [0.2, 0.25) is 0 Å². The molecular formula is C38H75NO. The Morgan fingerprint density at radius 1 is 0.350 bits per heavy atom. The number of nitrogens with zero attached hydrogens (tertiary/aromatic N) is 1. The molecule has 0 aromatic carbocycles. The van der Waals surface area contributed by atoms with E-state index in [4.69, 9.17) is 0 Å². The van der Waals surface area contributed by atoms with Gasteiger partial charge in [0.25, 0.3) is 0 Å². The van der Waals surface area contributed by atoms with Crippen LogP contribution in [-0.4, -0.2) is 36.2 Å². The zero-order valence-electron chi connectivity index (χ0n) is 27.8. The van der Waals surface area contributed by atoms with E-state index in [1.165, 1.54) is 193 Å². The first-order valence-corrected chi connectivity index (χ1v) is 18.5. The molecule has 40 heavy (non-hydrogen) atoms. The van der Waals surface area contributed by atoms with Gasteiger partial charge in [-0.1, -0.05) is 154 Å². The van der Waals surface area contributed by atoms with E-state index in [0.717, 1.165) is 6.54 Å². The van der Waals surface area contributed by atoms with Crippen LogP contribution in [0.3, 0.4) is 0 Å². The van der Waals surface area contributed by atoms with Gasteiger partial charge in [0.15, 0.2) is 0 Å². The summed E-state index contributed by atoms with van der Waals surface area (Å²) in [5, 5.41) is 9.45. The van der Waals surface area contributed by atoms with Crippen molar-refractivity contribution in [3.8, 4) is 0 Å². The molecular weight excluding hydrogens is 486 g/mol. The van der Waals surface area contributed by atoms with Gasteiger partial charge >= 0.3 is 0 Å². The number of unbranched alkanes of at least 4 members (excludes halogenated alkanes) is 24. The molecule has 0 fully saturated rings. The maximum atomic E-state index is 9.45. The second kappa shape index (κ2) is 36.4. The Balaban J connectivity index is 3.44. The molecule has 0 saturated heterocycles. The molecule has 0 spiro atoms. The Kier molecular flexibility index (Phi) is 35.9. The van der Waals surface area contributed by atoms with Crippen LogP contribution in [0.1, 0.15) is 194 Å². The third-order valence-corrected chi connectivity index (χ3v) is 8.39. The molecule has 238 valence electrons. The second-order valence-electron chi connectivity index (χ2n) is 12.4. The Bertz CT molecular complexity index is 458. The van der Waals surface area contributed by atoms with Crippen LogP contribution in [0.5, 0.6) is 0 Å². The molecule has 0 atom stereocenters. The van der Waals surface area contributed by atoms with E-state index in [1.54, 1.807) is 0 Å². The van der Waals surface area contributed by atoms with E-state index in [1.807, 2.05) is 0 Å². The fraction of sp³-hybridized carbons (Fsp3) is 0.895. The van der Waals surface area contributed by atoms with Crippen molar-refractivity contribution in [1.29, 1.82) is 0 Å². The zero-order valence-corrected chi connectivity index (χ0v) is 27.8. The summed E-state index contributed by atoms with van der Waals surface area (Å²) in [6.45, 7) is 8.09. The minimum atomic E-state index is 0.304. The molecule has 0 unspecified atom stereocenters. The molecule has 0 bridgehead atoms. The van der Waals surface area contributed by atoms with Crippen molar-refractivity contribution in [2.24, 2.45) is 0 Å². The summed E-state index contributed by atoms with van der Waals surface area (Å²) in [6, 6.07) is 0. The molecule has 0 aliphatic carbocycles. The highest BCUT2D eigenvalue weighted by molar-refractivity contribution is 4.82. The van der Waals surface area contributed by atoms with Crippen LogP contribution in [0.15, 0.2) is 24.3 Å². The fourth-order valence-corrected chi connectivity index (χ4v) is 5.64. The summed E-state index contributed by atoms with van der Waals surface area (Å²) >= 11 is 0. The standard InChI is InChI=1S/C38H75NO/c1-3-5-7-9-11-13-15-17-19-21-23-25-27-29-31-33-35-39(37-38-40)36-34-32-30-28-26-24-22-20-18-16-14-12-10-8-6-4-2/h17-20,40H,3-16,21-38H2,1-2H3/b19-17-,20-18-. The third-order valence-electron chi connectivity index (χ3n) is 8.39. The molecule has 1 N–H and O–H groups in total. The molecule has 2 nitrogen and oxygen atoms in total. The van der Waals surface area contributed by atoms with Gasteiger partial charge in [0, 0.05) is 6.54 Å². The van der Waals surface area contributed by atoms with Gasteiger partial charge in [0.2, 0.25) is 0 Å². The van der Waals surface area contributed by atoms with Crippen molar-refractivity contribution < 1.29 is 5.11 Å². The molecule has 0 radical (unpaired) electrons. The van der Waals surface area contributed by atoms with E-state index >= 15 is 0 Å². The van der Waals surface area contributed by atoms with E-state index < -0.39 is 0 Å². The number of allylic oxidation sites excluding steroid dienone is 4. The summed E-state index contributed by atoms with van der Waals surface area (Å²) in [4.78, 5) is 2.50. The highest BCUT2D eigenvalue weighted by Crippen LogP contribution is 2.12. The van der Waals surface area contributed by atoms with Gasteiger partial charge in [0.1, 0.15) is 0 Å². The Morgan fingerprint density at radius 3 is 0.925 bits per heavy atom. The summed E-state index contributed by atoms with van der Waals surface area (Å²) in [5.74, 6) is 0. The van der Waals surface area contributed by atoms with E-state index in [9.17, 15) is 5.11 Å². The number of hydrogen-bond acceptors (Lipinski definition) is 2. The number of hydrogen-bond donors (Lipinski definition) is 1. The first-order valence-electron chi connectivity index (χ1n) is 18.5. The van der Waals surface area contributed by atoms with Crippen LogP contribution in [0, 0.1) is 0 Å². The summed E-state index contributed by atoms with van der Waals surface area (Å²) in [5.41, 5.74) is 0. The van der Waals surface area contributed by atoms with Gasteiger partial charge in [-0.15, -0.1) is 0 Å². The van der Waals surface area contributed by atoms with Crippen molar-refractivity contribution in [3.05, 3.63) is 24.3 Å². The summed E-state index contributed by atoms with van der Waals surface area (Å²) in [7, 11) is 0. The highest BCUT2D eigenvalue weighted by Gasteiger charge is 2.04. The molecule has 0 aromatic rings. The first kappa shape index (κ1) is 39.4. The van der Waals surface area contributed by atoms with Crippen molar-refractivity contribution in [2.45, 2.75) is 194 Å². The minimum absolute atomic E-state index is 0.304. The fourth-order valence-electron chi connectivity index (χ4n) is 5.64. The van der Waals surface area contributed by atoms with Gasteiger partial charge in [0.05, 0.1) is 6.61 Å². The predicted molar refractivity (Wildman–Crippen MR) is 182 cm³/mol.